The molecule has 96 valence electrons. The van der Waals surface area contributed by atoms with Gasteiger partial charge in [-0.3, -0.25) is 9.58 Å². The molecule has 2 rings (SSSR count). The van der Waals surface area contributed by atoms with Crippen LogP contribution in [0, 0.1) is 6.92 Å². The maximum absolute atomic E-state index is 6.09. The van der Waals surface area contributed by atoms with Crippen molar-refractivity contribution in [3.05, 3.63) is 17.5 Å². The van der Waals surface area contributed by atoms with E-state index in [-0.39, 0.29) is 6.04 Å². The summed E-state index contributed by atoms with van der Waals surface area (Å²) in [6, 6.07) is 0.788. The lowest BCUT2D eigenvalue weighted by Gasteiger charge is -2.37. The van der Waals surface area contributed by atoms with Gasteiger partial charge in [-0.05, 0) is 33.2 Å². The Morgan fingerprint density at radius 2 is 2.29 bits per heavy atom. The molecule has 1 aliphatic rings. The Hall–Kier alpha value is -0.870. The average Bonchev–Trinajstić information content (AvgIpc) is 2.61. The zero-order valence-electron chi connectivity index (χ0n) is 11.2. The predicted octanol–water partition coefficient (Wildman–Crippen LogP) is 1.43. The molecule has 0 radical (unpaired) electrons. The number of nitrogens with two attached hydrogens (primary N) is 1. The molecule has 0 aromatic carbocycles. The number of aromatic nitrogens is 2. The van der Waals surface area contributed by atoms with Gasteiger partial charge in [0.25, 0.3) is 0 Å². The minimum Gasteiger partial charge on any atom is -0.327 e. The minimum atomic E-state index is 0.257. The molecule has 1 fully saturated rings. The monoisotopic (exact) mass is 236 g/mol. The third-order valence-electron chi connectivity index (χ3n) is 3.98. The van der Waals surface area contributed by atoms with E-state index in [1.54, 1.807) is 0 Å². The summed E-state index contributed by atoms with van der Waals surface area (Å²) in [4.78, 5) is 2.53. The van der Waals surface area contributed by atoms with Crippen LogP contribution in [-0.2, 0) is 13.6 Å². The second-order valence-electron chi connectivity index (χ2n) is 5.27. The molecule has 2 atom stereocenters. The van der Waals surface area contributed by atoms with Crippen LogP contribution in [0.1, 0.15) is 37.4 Å². The van der Waals surface area contributed by atoms with E-state index in [1.165, 1.54) is 37.1 Å². The van der Waals surface area contributed by atoms with E-state index < -0.39 is 0 Å². The second-order valence-corrected chi connectivity index (χ2v) is 5.27. The van der Waals surface area contributed by atoms with E-state index in [0.29, 0.717) is 6.04 Å². The molecule has 4 heteroatoms. The number of hydrogen-bond donors (Lipinski definition) is 1. The zero-order valence-corrected chi connectivity index (χ0v) is 11.2. The van der Waals surface area contributed by atoms with Crippen molar-refractivity contribution in [1.29, 1.82) is 0 Å². The molecule has 4 nitrogen and oxygen atoms in total. The highest BCUT2D eigenvalue weighted by atomic mass is 15.3. The summed E-state index contributed by atoms with van der Waals surface area (Å²) in [5.41, 5.74) is 8.69. The first-order chi connectivity index (χ1) is 8.09. The Labute approximate surface area is 104 Å². The lowest BCUT2D eigenvalue weighted by atomic mass is 9.96. The van der Waals surface area contributed by atoms with Gasteiger partial charge in [0.1, 0.15) is 0 Å². The van der Waals surface area contributed by atoms with Crippen molar-refractivity contribution in [1.82, 2.24) is 14.7 Å². The third-order valence-corrected chi connectivity index (χ3v) is 3.98. The smallest absolute Gasteiger partial charge is 0.0537 e. The van der Waals surface area contributed by atoms with Crippen LogP contribution in [0.15, 0.2) is 6.20 Å². The van der Waals surface area contributed by atoms with Gasteiger partial charge in [0, 0.05) is 36.9 Å². The molecule has 2 heterocycles. The number of nitrogens with zero attached hydrogens (tertiary/aromatic N) is 3. The first kappa shape index (κ1) is 12.6. The molecule has 1 aromatic rings. The topological polar surface area (TPSA) is 47.1 Å². The van der Waals surface area contributed by atoms with Gasteiger partial charge in [-0.25, -0.2) is 0 Å². The summed E-state index contributed by atoms with van der Waals surface area (Å²) in [5.74, 6) is 0. The largest absolute Gasteiger partial charge is 0.327 e. The lowest BCUT2D eigenvalue weighted by Crippen LogP contribution is -2.48. The summed E-state index contributed by atoms with van der Waals surface area (Å²) in [6.45, 7) is 6.42. The van der Waals surface area contributed by atoms with Crippen molar-refractivity contribution in [3.63, 3.8) is 0 Å². The Morgan fingerprint density at radius 1 is 1.53 bits per heavy atom. The Morgan fingerprint density at radius 3 is 2.88 bits per heavy atom. The molecule has 1 saturated heterocycles. The Bertz CT molecular complexity index is 369. The number of piperidine rings is 1. The highest BCUT2D eigenvalue weighted by Crippen LogP contribution is 2.22. The van der Waals surface area contributed by atoms with Gasteiger partial charge in [-0.2, -0.15) is 5.10 Å². The lowest BCUT2D eigenvalue weighted by molar-refractivity contribution is 0.122. The Balaban J connectivity index is 2.08. The molecule has 2 unspecified atom stereocenters. The standard InChI is InChI=1S/C13H24N4/c1-10(14)13-6-4-5-7-17(13)9-12-8-15-16(3)11(12)2/h8,10,13H,4-7,9,14H2,1-3H3. The summed E-state index contributed by atoms with van der Waals surface area (Å²) in [6.07, 6.45) is 5.83. The number of likely N-dealkylation sites (tertiary alicyclic amines) is 1. The summed E-state index contributed by atoms with van der Waals surface area (Å²) in [5, 5.41) is 4.31. The molecule has 0 bridgehead atoms. The van der Waals surface area contributed by atoms with Crippen molar-refractivity contribution in [2.75, 3.05) is 6.54 Å². The van der Waals surface area contributed by atoms with Crippen LogP contribution in [0.4, 0.5) is 0 Å². The predicted molar refractivity (Wildman–Crippen MR) is 69.6 cm³/mol. The van der Waals surface area contributed by atoms with Crippen LogP contribution in [-0.4, -0.2) is 33.3 Å². The number of rotatable bonds is 3. The molecule has 0 aliphatic carbocycles. The van der Waals surface area contributed by atoms with Crippen molar-refractivity contribution < 1.29 is 0 Å². The molecule has 1 aromatic heterocycles. The SMILES string of the molecule is Cc1c(CN2CCCCC2C(C)N)cnn1C. The van der Waals surface area contributed by atoms with Gasteiger partial charge in [0.15, 0.2) is 0 Å². The van der Waals surface area contributed by atoms with Crippen molar-refractivity contribution in [2.45, 2.75) is 51.7 Å². The van der Waals surface area contributed by atoms with Crippen LogP contribution in [0.2, 0.25) is 0 Å². The maximum Gasteiger partial charge on any atom is 0.0537 e. The highest BCUT2D eigenvalue weighted by molar-refractivity contribution is 5.16. The van der Waals surface area contributed by atoms with Crippen molar-refractivity contribution in [2.24, 2.45) is 12.8 Å². The van der Waals surface area contributed by atoms with Gasteiger partial charge < -0.3 is 5.73 Å². The van der Waals surface area contributed by atoms with E-state index >= 15 is 0 Å². The number of aryl methyl sites for hydroxylation is 1. The van der Waals surface area contributed by atoms with E-state index in [9.17, 15) is 0 Å². The van der Waals surface area contributed by atoms with Gasteiger partial charge in [-0.1, -0.05) is 6.42 Å². The highest BCUT2D eigenvalue weighted by Gasteiger charge is 2.25. The molecule has 2 N–H and O–H groups in total. The second kappa shape index (κ2) is 5.19. The zero-order chi connectivity index (χ0) is 12.4. The van der Waals surface area contributed by atoms with E-state index in [1.807, 2.05) is 17.9 Å². The third kappa shape index (κ3) is 2.69. The quantitative estimate of drug-likeness (QED) is 0.863. The fourth-order valence-corrected chi connectivity index (χ4v) is 2.73. The molecule has 0 saturated carbocycles. The van der Waals surface area contributed by atoms with Gasteiger partial charge in [0.05, 0.1) is 6.20 Å². The molecule has 1 aliphatic heterocycles. The first-order valence-electron chi connectivity index (χ1n) is 6.56. The first-order valence-corrected chi connectivity index (χ1v) is 6.56. The molecular weight excluding hydrogens is 212 g/mol. The van der Waals surface area contributed by atoms with Crippen LogP contribution < -0.4 is 5.73 Å². The molecule has 0 amide bonds. The Kier molecular flexibility index (Phi) is 3.84. The van der Waals surface area contributed by atoms with E-state index in [0.717, 1.165) is 6.54 Å². The van der Waals surface area contributed by atoms with Crippen LogP contribution in [0.3, 0.4) is 0 Å². The summed E-state index contributed by atoms with van der Waals surface area (Å²) >= 11 is 0. The molecular formula is C13H24N4. The van der Waals surface area contributed by atoms with Gasteiger partial charge in [-0.15, -0.1) is 0 Å². The van der Waals surface area contributed by atoms with E-state index in [2.05, 4.69) is 23.8 Å². The van der Waals surface area contributed by atoms with Gasteiger partial charge >= 0.3 is 0 Å². The van der Waals surface area contributed by atoms with Crippen LogP contribution in [0.5, 0.6) is 0 Å². The molecule has 0 spiro atoms. The average molecular weight is 236 g/mol. The summed E-state index contributed by atoms with van der Waals surface area (Å²) in [7, 11) is 2.00. The van der Waals surface area contributed by atoms with Gasteiger partial charge in [0.2, 0.25) is 0 Å². The normalized spacial score (nSPS) is 23.9. The summed E-state index contributed by atoms with van der Waals surface area (Å²) < 4.78 is 1.94. The van der Waals surface area contributed by atoms with Crippen LogP contribution in [0.25, 0.3) is 0 Å². The molecule has 17 heavy (non-hydrogen) atoms. The van der Waals surface area contributed by atoms with Crippen molar-refractivity contribution in [3.8, 4) is 0 Å². The van der Waals surface area contributed by atoms with Crippen LogP contribution >= 0.6 is 0 Å². The van der Waals surface area contributed by atoms with Crippen molar-refractivity contribution >= 4 is 0 Å². The fourth-order valence-electron chi connectivity index (χ4n) is 2.73. The minimum absolute atomic E-state index is 0.257. The number of hydrogen-bond acceptors (Lipinski definition) is 3. The maximum atomic E-state index is 6.09. The fraction of sp³-hybridized carbons (Fsp3) is 0.769. The van der Waals surface area contributed by atoms with E-state index in [4.69, 9.17) is 5.73 Å².